The van der Waals surface area contributed by atoms with Crippen LogP contribution in [0.25, 0.3) is 98.8 Å². The first-order chi connectivity index (χ1) is 24.4. The Hall–Kier alpha value is -6.12. The third kappa shape index (κ3) is 4.35. The molecule has 2 heterocycles. The Kier molecular flexibility index (Phi) is 6.17. The Morgan fingerprint density at radius 3 is 1.46 bits per heavy atom. The maximum Gasteiger partial charge on any atom is 0.143 e. The zero-order chi connectivity index (χ0) is 33.6. The molecule has 0 spiro atoms. The van der Waals surface area contributed by atoms with Gasteiger partial charge in [0.25, 0.3) is 0 Å². The van der Waals surface area contributed by atoms with Gasteiger partial charge in [-0.15, -0.1) is 0 Å². The molecule has 0 saturated heterocycles. The third-order valence-electron chi connectivity index (χ3n) is 10.4. The minimum Gasteiger partial charge on any atom is -0.456 e. The first kappa shape index (κ1) is 28.9. The molecule has 0 aliphatic heterocycles. The topological polar surface area (TPSA) is 26.3 Å². The monoisotopic (exact) mass is 642 g/mol. The smallest absolute Gasteiger partial charge is 0.143 e. The number of hydrogen-bond acceptors (Lipinski definition) is 2. The standard InChI is InChI=1S/C48H34O2/c1-48(2,3)32-23-19-29(20-24-32)45-37-12-4-6-14-39(37)46(40-15-7-5-13-38(40)45)31-22-26-36-35-25-21-30(27-43(35)49-44(36)28-31)33-16-10-17-41-34-11-8-9-18-42(34)50-47(33)41/h4-28H,1-3H3. The SMILES string of the molecule is CC(C)(C)c1ccc(-c2c3ccccc3c(-c3ccc4c(c3)oc3cc(-c5cccc6c5oc5ccccc56)ccc34)c3ccccc23)cc1. The van der Waals surface area contributed by atoms with Crippen LogP contribution in [0.4, 0.5) is 0 Å². The lowest BCUT2D eigenvalue weighted by Gasteiger charge is -2.21. The summed E-state index contributed by atoms with van der Waals surface area (Å²) in [4.78, 5) is 0. The van der Waals surface area contributed by atoms with E-state index in [1.54, 1.807) is 0 Å². The summed E-state index contributed by atoms with van der Waals surface area (Å²) in [5.74, 6) is 0. The molecule has 10 aromatic rings. The molecule has 0 saturated carbocycles. The highest BCUT2D eigenvalue weighted by atomic mass is 16.3. The van der Waals surface area contributed by atoms with E-state index in [4.69, 9.17) is 8.83 Å². The number of benzene rings is 8. The third-order valence-corrected chi connectivity index (χ3v) is 10.4. The molecule has 0 N–H and O–H groups in total. The molecule has 0 atom stereocenters. The largest absolute Gasteiger partial charge is 0.456 e. The molecule has 0 fully saturated rings. The first-order valence-electron chi connectivity index (χ1n) is 17.3. The van der Waals surface area contributed by atoms with Crippen molar-refractivity contribution in [1.82, 2.24) is 0 Å². The van der Waals surface area contributed by atoms with E-state index in [1.807, 2.05) is 12.1 Å². The Morgan fingerprint density at radius 2 is 0.840 bits per heavy atom. The van der Waals surface area contributed by atoms with Crippen molar-refractivity contribution in [2.24, 2.45) is 0 Å². The molecule has 2 aromatic heterocycles. The molecule has 2 nitrogen and oxygen atoms in total. The molecule has 2 heteroatoms. The summed E-state index contributed by atoms with van der Waals surface area (Å²) in [5.41, 5.74) is 12.0. The highest BCUT2D eigenvalue weighted by Gasteiger charge is 2.20. The Labute approximate surface area is 290 Å². The molecule has 50 heavy (non-hydrogen) atoms. The molecule has 238 valence electrons. The summed E-state index contributed by atoms with van der Waals surface area (Å²) in [6, 6.07) is 54.6. The molecular weight excluding hydrogens is 609 g/mol. The van der Waals surface area contributed by atoms with E-state index < -0.39 is 0 Å². The van der Waals surface area contributed by atoms with E-state index in [0.29, 0.717) is 0 Å². The van der Waals surface area contributed by atoms with Crippen molar-refractivity contribution in [1.29, 1.82) is 0 Å². The van der Waals surface area contributed by atoms with Crippen molar-refractivity contribution in [3.8, 4) is 33.4 Å². The fourth-order valence-corrected chi connectivity index (χ4v) is 7.96. The number of para-hydroxylation sites is 2. The lowest BCUT2D eigenvalue weighted by Crippen LogP contribution is -2.10. The van der Waals surface area contributed by atoms with E-state index in [2.05, 4.69) is 160 Å². The van der Waals surface area contributed by atoms with Crippen LogP contribution in [0, 0.1) is 0 Å². The summed E-state index contributed by atoms with van der Waals surface area (Å²) in [5, 5.41) is 9.44. The lowest BCUT2D eigenvalue weighted by molar-refractivity contribution is 0.590. The Bertz CT molecular complexity index is 2890. The number of fused-ring (bicyclic) bond motifs is 8. The normalized spacial score (nSPS) is 12.3. The van der Waals surface area contributed by atoms with Crippen LogP contribution in [0.2, 0.25) is 0 Å². The zero-order valence-electron chi connectivity index (χ0n) is 28.3. The van der Waals surface area contributed by atoms with Gasteiger partial charge in [-0.3, -0.25) is 0 Å². The minimum absolute atomic E-state index is 0.103. The molecule has 8 aromatic carbocycles. The van der Waals surface area contributed by atoms with Crippen LogP contribution in [0.3, 0.4) is 0 Å². The first-order valence-corrected chi connectivity index (χ1v) is 17.3. The van der Waals surface area contributed by atoms with Crippen LogP contribution in [0.1, 0.15) is 26.3 Å². The number of hydrogen-bond donors (Lipinski definition) is 0. The van der Waals surface area contributed by atoms with Crippen LogP contribution in [-0.4, -0.2) is 0 Å². The average Bonchev–Trinajstić information content (AvgIpc) is 3.71. The molecule has 0 amide bonds. The van der Waals surface area contributed by atoms with Gasteiger partial charge in [-0.1, -0.05) is 142 Å². The van der Waals surface area contributed by atoms with Gasteiger partial charge in [-0.2, -0.15) is 0 Å². The van der Waals surface area contributed by atoms with Gasteiger partial charge < -0.3 is 8.83 Å². The Morgan fingerprint density at radius 1 is 0.360 bits per heavy atom. The Balaban J connectivity index is 1.14. The molecule has 0 aliphatic carbocycles. The van der Waals surface area contributed by atoms with Crippen molar-refractivity contribution in [3.05, 3.63) is 157 Å². The second-order valence-electron chi connectivity index (χ2n) is 14.5. The van der Waals surface area contributed by atoms with Crippen molar-refractivity contribution < 1.29 is 8.83 Å². The van der Waals surface area contributed by atoms with Crippen molar-refractivity contribution in [2.75, 3.05) is 0 Å². The van der Waals surface area contributed by atoms with Crippen LogP contribution >= 0.6 is 0 Å². The zero-order valence-corrected chi connectivity index (χ0v) is 28.3. The number of rotatable bonds is 3. The van der Waals surface area contributed by atoms with E-state index in [-0.39, 0.29) is 5.41 Å². The highest BCUT2D eigenvalue weighted by molar-refractivity contribution is 6.22. The van der Waals surface area contributed by atoms with E-state index >= 15 is 0 Å². The van der Waals surface area contributed by atoms with Crippen LogP contribution < -0.4 is 0 Å². The highest BCUT2D eigenvalue weighted by Crippen LogP contribution is 2.45. The van der Waals surface area contributed by atoms with Gasteiger partial charge in [0.05, 0.1) is 0 Å². The van der Waals surface area contributed by atoms with Crippen LogP contribution in [0.15, 0.2) is 160 Å². The van der Waals surface area contributed by atoms with E-state index in [9.17, 15) is 0 Å². The molecule has 10 rings (SSSR count). The summed E-state index contributed by atoms with van der Waals surface area (Å²) >= 11 is 0. The second-order valence-corrected chi connectivity index (χ2v) is 14.5. The van der Waals surface area contributed by atoms with Gasteiger partial charge in [0.1, 0.15) is 22.3 Å². The van der Waals surface area contributed by atoms with Gasteiger partial charge in [0, 0.05) is 27.1 Å². The van der Waals surface area contributed by atoms with Crippen molar-refractivity contribution in [2.45, 2.75) is 26.2 Å². The molecular formula is C48H34O2. The minimum atomic E-state index is 0.103. The maximum atomic E-state index is 6.67. The van der Waals surface area contributed by atoms with Gasteiger partial charge in [-0.25, -0.2) is 0 Å². The predicted molar refractivity (Wildman–Crippen MR) is 211 cm³/mol. The van der Waals surface area contributed by atoms with E-state index in [1.165, 1.54) is 43.8 Å². The van der Waals surface area contributed by atoms with Gasteiger partial charge in [-0.05, 0) is 90.7 Å². The molecule has 0 radical (unpaired) electrons. The van der Waals surface area contributed by atoms with Crippen LogP contribution in [0.5, 0.6) is 0 Å². The lowest BCUT2D eigenvalue weighted by atomic mass is 9.83. The molecule has 0 unspecified atom stereocenters. The molecule has 0 bridgehead atoms. The second kappa shape index (κ2) is 10.7. The molecule has 0 aliphatic rings. The fraction of sp³-hybridized carbons (Fsp3) is 0.0833. The maximum absolute atomic E-state index is 6.67. The average molecular weight is 643 g/mol. The van der Waals surface area contributed by atoms with Crippen molar-refractivity contribution in [3.63, 3.8) is 0 Å². The summed E-state index contributed by atoms with van der Waals surface area (Å²) in [7, 11) is 0. The predicted octanol–water partition coefficient (Wildman–Crippen LogP) is 14.1. The quantitative estimate of drug-likeness (QED) is 0.179. The van der Waals surface area contributed by atoms with E-state index in [0.717, 1.165) is 60.6 Å². The summed E-state index contributed by atoms with van der Waals surface area (Å²) in [6.07, 6.45) is 0. The van der Waals surface area contributed by atoms with Crippen molar-refractivity contribution >= 4 is 65.4 Å². The number of furan rings is 2. The van der Waals surface area contributed by atoms with Gasteiger partial charge in [0.2, 0.25) is 0 Å². The van der Waals surface area contributed by atoms with Gasteiger partial charge in [0.15, 0.2) is 0 Å². The summed E-state index contributed by atoms with van der Waals surface area (Å²) < 4.78 is 13.0. The fourth-order valence-electron chi connectivity index (χ4n) is 7.96. The van der Waals surface area contributed by atoms with Gasteiger partial charge >= 0.3 is 0 Å². The summed E-state index contributed by atoms with van der Waals surface area (Å²) in [6.45, 7) is 6.80. The van der Waals surface area contributed by atoms with Crippen LogP contribution in [-0.2, 0) is 5.41 Å².